The van der Waals surface area contributed by atoms with E-state index in [1.54, 1.807) is 0 Å². The Balaban J connectivity index is 3.60. The Morgan fingerprint density at radius 3 is 2.82 bits per heavy atom. The van der Waals surface area contributed by atoms with E-state index < -0.39 is 12.3 Å². The fourth-order valence-electron chi connectivity index (χ4n) is 0.687. The zero-order valence-corrected chi connectivity index (χ0v) is 6.54. The first-order valence-corrected chi connectivity index (χ1v) is 3.56. The molecule has 0 saturated heterocycles. The molecule has 3 heteroatoms. The van der Waals surface area contributed by atoms with Crippen LogP contribution in [0.25, 0.3) is 0 Å². The molecule has 0 spiro atoms. The van der Waals surface area contributed by atoms with E-state index in [4.69, 9.17) is 11.5 Å². The van der Waals surface area contributed by atoms with Gasteiger partial charge in [0, 0.05) is 0 Å². The van der Waals surface area contributed by atoms with Crippen molar-refractivity contribution < 1.29 is 14.6 Å². The molecule has 0 amide bonds. The first-order chi connectivity index (χ1) is 5.20. The lowest BCUT2D eigenvalue weighted by molar-refractivity contribution is 0.0688. The molecule has 0 rings (SSSR count). The van der Waals surface area contributed by atoms with E-state index in [-0.39, 0.29) is 0 Å². The molecule has 0 saturated carbocycles. The lowest BCUT2D eigenvalue weighted by Crippen LogP contribution is -2.14. The summed E-state index contributed by atoms with van der Waals surface area (Å²) in [5, 5.41) is 8.20. The van der Waals surface area contributed by atoms with Crippen LogP contribution in [0, 0.1) is 12.3 Å². The van der Waals surface area contributed by atoms with Crippen molar-refractivity contribution in [3.8, 4) is 12.3 Å². The van der Waals surface area contributed by atoms with Gasteiger partial charge in [0.2, 0.25) is 0 Å². The van der Waals surface area contributed by atoms with E-state index >= 15 is 0 Å². The van der Waals surface area contributed by atoms with Crippen LogP contribution in [0.3, 0.4) is 0 Å². The topological polar surface area (TPSA) is 46.5 Å². The van der Waals surface area contributed by atoms with Gasteiger partial charge < -0.3 is 9.84 Å². The number of rotatable bonds is 4. The molecule has 0 radical (unpaired) electrons. The van der Waals surface area contributed by atoms with Crippen molar-refractivity contribution in [3.63, 3.8) is 0 Å². The number of hydrogen-bond donors (Lipinski definition) is 1. The van der Waals surface area contributed by atoms with E-state index in [1.165, 1.54) is 0 Å². The summed E-state index contributed by atoms with van der Waals surface area (Å²) in [5.41, 5.74) is 0. The molecule has 0 aliphatic rings. The Bertz CT molecular complexity index is 157. The summed E-state index contributed by atoms with van der Waals surface area (Å²) in [4.78, 5) is 10.0. The molecular formula is C8H12O3. The van der Waals surface area contributed by atoms with Gasteiger partial charge in [-0.2, -0.15) is 0 Å². The van der Waals surface area contributed by atoms with Crippen LogP contribution in [0.4, 0.5) is 4.79 Å². The van der Waals surface area contributed by atoms with E-state index in [0.717, 1.165) is 12.8 Å². The van der Waals surface area contributed by atoms with Crippen molar-refractivity contribution in [2.45, 2.75) is 32.3 Å². The summed E-state index contributed by atoms with van der Waals surface area (Å²) in [6, 6.07) is 0. The standard InChI is InChI=1S/C8H12O3/c1-3-5-6-7(4-2)11-8(9)10/h2,7H,3,5-6H2,1H3,(H,9,10). The number of unbranched alkanes of at least 4 members (excludes halogenated alkanes) is 1. The normalized spacial score (nSPS) is 11.6. The van der Waals surface area contributed by atoms with Gasteiger partial charge in [0.05, 0.1) is 0 Å². The average molecular weight is 156 g/mol. The summed E-state index contributed by atoms with van der Waals surface area (Å²) < 4.78 is 4.38. The molecule has 0 fully saturated rings. The molecule has 1 unspecified atom stereocenters. The van der Waals surface area contributed by atoms with Gasteiger partial charge in [0.15, 0.2) is 6.10 Å². The van der Waals surface area contributed by atoms with Crippen molar-refractivity contribution in [2.24, 2.45) is 0 Å². The van der Waals surface area contributed by atoms with Crippen LogP contribution in [0.15, 0.2) is 0 Å². The number of terminal acetylenes is 1. The molecule has 62 valence electrons. The minimum Gasteiger partial charge on any atom is -0.450 e. The minimum absolute atomic E-state index is 0.576. The molecule has 0 heterocycles. The fraction of sp³-hybridized carbons (Fsp3) is 0.625. The third kappa shape index (κ3) is 5.28. The van der Waals surface area contributed by atoms with Crippen LogP contribution in [-0.2, 0) is 4.74 Å². The highest BCUT2D eigenvalue weighted by molar-refractivity contribution is 5.57. The Labute approximate surface area is 66.4 Å². The van der Waals surface area contributed by atoms with Crippen molar-refractivity contribution in [1.29, 1.82) is 0 Å². The highest BCUT2D eigenvalue weighted by Gasteiger charge is 2.08. The molecule has 0 aromatic rings. The van der Waals surface area contributed by atoms with Crippen LogP contribution in [-0.4, -0.2) is 17.4 Å². The van der Waals surface area contributed by atoms with Crippen molar-refractivity contribution in [1.82, 2.24) is 0 Å². The van der Waals surface area contributed by atoms with Gasteiger partial charge in [0.25, 0.3) is 0 Å². The first-order valence-electron chi connectivity index (χ1n) is 3.56. The third-order valence-electron chi connectivity index (χ3n) is 1.25. The van der Waals surface area contributed by atoms with Crippen molar-refractivity contribution in [3.05, 3.63) is 0 Å². The van der Waals surface area contributed by atoms with E-state index in [9.17, 15) is 4.79 Å². The minimum atomic E-state index is -1.30. The monoisotopic (exact) mass is 156 g/mol. The predicted octanol–water partition coefficient (Wildman–Crippen LogP) is 1.87. The number of carbonyl (C=O) groups is 1. The van der Waals surface area contributed by atoms with E-state index in [0.29, 0.717) is 6.42 Å². The Morgan fingerprint density at radius 1 is 1.82 bits per heavy atom. The molecule has 1 atom stereocenters. The molecule has 0 aliphatic carbocycles. The largest absolute Gasteiger partial charge is 0.507 e. The summed E-state index contributed by atoms with van der Waals surface area (Å²) in [7, 11) is 0. The van der Waals surface area contributed by atoms with Gasteiger partial charge in [-0.3, -0.25) is 0 Å². The Hall–Kier alpha value is -1.17. The second kappa shape index (κ2) is 5.60. The molecule has 11 heavy (non-hydrogen) atoms. The Morgan fingerprint density at radius 2 is 2.45 bits per heavy atom. The maximum absolute atomic E-state index is 10.0. The number of hydrogen-bond acceptors (Lipinski definition) is 2. The molecule has 0 aromatic carbocycles. The molecule has 0 bridgehead atoms. The summed E-state index contributed by atoms with van der Waals surface area (Å²) >= 11 is 0. The zero-order valence-electron chi connectivity index (χ0n) is 6.54. The third-order valence-corrected chi connectivity index (χ3v) is 1.25. The molecule has 1 N–H and O–H groups in total. The SMILES string of the molecule is C#CC(CCCC)OC(=O)O. The molecule has 0 aliphatic heterocycles. The lowest BCUT2D eigenvalue weighted by Gasteiger charge is -2.07. The molecule has 3 nitrogen and oxygen atoms in total. The Kier molecular flexibility index (Phi) is 5.01. The van der Waals surface area contributed by atoms with Gasteiger partial charge in [-0.15, -0.1) is 6.42 Å². The van der Waals surface area contributed by atoms with Crippen LogP contribution < -0.4 is 0 Å². The zero-order chi connectivity index (χ0) is 8.69. The van der Waals surface area contributed by atoms with Gasteiger partial charge in [0.1, 0.15) is 0 Å². The molecular weight excluding hydrogens is 144 g/mol. The fourth-order valence-corrected chi connectivity index (χ4v) is 0.687. The van der Waals surface area contributed by atoms with Gasteiger partial charge in [-0.1, -0.05) is 19.3 Å². The maximum Gasteiger partial charge on any atom is 0.507 e. The smallest absolute Gasteiger partial charge is 0.450 e. The predicted molar refractivity (Wildman–Crippen MR) is 41.3 cm³/mol. The van der Waals surface area contributed by atoms with Crippen LogP contribution in [0.5, 0.6) is 0 Å². The number of carboxylic acid groups (broad SMARTS) is 1. The maximum atomic E-state index is 10.0. The van der Waals surface area contributed by atoms with Crippen molar-refractivity contribution in [2.75, 3.05) is 0 Å². The summed E-state index contributed by atoms with van der Waals surface area (Å²) in [6.07, 6.45) is 5.63. The quantitative estimate of drug-likeness (QED) is 0.499. The van der Waals surface area contributed by atoms with Crippen molar-refractivity contribution >= 4 is 6.16 Å². The second-order valence-electron chi connectivity index (χ2n) is 2.18. The van der Waals surface area contributed by atoms with Crippen LogP contribution in [0.1, 0.15) is 26.2 Å². The average Bonchev–Trinajstić information content (AvgIpc) is 1.97. The molecule has 0 aromatic heterocycles. The second-order valence-corrected chi connectivity index (χ2v) is 2.18. The van der Waals surface area contributed by atoms with Crippen LogP contribution >= 0.6 is 0 Å². The summed E-state index contributed by atoms with van der Waals surface area (Å²) in [6.45, 7) is 2.01. The number of ether oxygens (including phenoxy) is 1. The highest BCUT2D eigenvalue weighted by atomic mass is 16.7. The first kappa shape index (κ1) is 9.83. The van der Waals surface area contributed by atoms with Gasteiger partial charge in [-0.25, -0.2) is 4.79 Å². The van der Waals surface area contributed by atoms with E-state index in [2.05, 4.69) is 10.7 Å². The lowest BCUT2D eigenvalue weighted by atomic mass is 10.2. The van der Waals surface area contributed by atoms with Crippen LogP contribution in [0.2, 0.25) is 0 Å². The summed E-state index contributed by atoms with van der Waals surface area (Å²) in [5.74, 6) is 2.27. The highest BCUT2D eigenvalue weighted by Crippen LogP contribution is 2.03. The van der Waals surface area contributed by atoms with Gasteiger partial charge >= 0.3 is 6.16 Å². The van der Waals surface area contributed by atoms with Gasteiger partial charge in [-0.05, 0) is 12.8 Å². The van der Waals surface area contributed by atoms with E-state index in [1.807, 2.05) is 6.92 Å².